The molecule has 1 aliphatic heterocycles. The lowest BCUT2D eigenvalue weighted by Gasteiger charge is -2.23. The van der Waals surface area contributed by atoms with Crippen molar-refractivity contribution in [1.29, 1.82) is 0 Å². The summed E-state index contributed by atoms with van der Waals surface area (Å²) in [6.45, 7) is 4.41. The van der Waals surface area contributed by atoms with Gasteiger partial charge in [0.25, 0.3) is 0 Å². The van der Waals surface area contributed by atoms with Gasteiger partial charge in [0.15, 0.2) is 0 Å². The van der Waals surface area contributed by atoms with Gasteiger partial charge in [0.1, 0.15) is 5.75 Å². The van der Waals surface area contributed by atoms with E-state index in [1.807, 2.05) is 6.07 Å². The first-order chi connectivity index (χ1) is 8.81. The fourth-order valence-corrected chi connectivity index (χ4v) is 3.16. The Kier molecular flexibility index (Phi) is 3.00. The molecule has 0 aliphatic carbocycles. The Labute approximate surface area is 108 Å². The summed E-state index contributed by atoms with van der Waals surface area (Å²) in [6.07, 6.45) is 2.43. The van der Waals surface area contributed by atoms with Crippen molar-refractivity contribution in [2.75, 3.05) is 20.2 Å². The standard InChI is InChI=1S/C15H20N2O/c1-10-14(11-6-8-16-9-7-11)15-12(17-10)4-3-5-13(15)18-2/h3-5,11,16-17H,6-9H2,1-2H3. The van der Waals surface area contributed by atoms with Gasteiger partial charge in [0.2, 0.25) is 0 Å². The van der Waals surface area contributed by atoms with Crippen LogP contribution in [0.3, 0.4) is 0 Å². The van der Waals surface area contributed by atoms with E-state index in [1.165, 1.54) is 35.0 Å². The zero-order valence-electron chi connectivity index (χ0n) is 11.0. The number of hydrogen-bond acceptors (Lipinski definition) is 2. The van der Waals surface area contributed by atoms with Crippen LogP contribution in [0.4, 0.5) is 0 Å². The number of rotatable bonds is 2. The maximum atomic E-state index is 5.54. The van der Waals surface area contributed by atoms with Crippen molar-refractivity contribution < 1.29 is 4.74 Å². The number of aryl methyl sites for hydroxylation is 1. The Balaban J connectivity index is 2.17. The number of ether oxygens (including phenoxy) is 1. The van der Waals surface area contributed by atoms with Gasteiger partial charge in [0, 0.05) is 16.6 Å². The fraction of sp³-hybridized carbons (Fsp3) is 0.467. The van der Waals surface area contributed by atoms with E-state index in [2.05, 4.69) is 29.4 Å². The summed E-state index contributed by atoms with van der Waals surface area (Å²) in [5.41, 5.74) is 3.95. The Morgan fingerprint density at radius 2 is 2.00 bits per heavy atom. The average molecular weight is 244 g/mol. The van der Waals surface area contributed by atoms with Crippen LogP contribution in [0, 0.1) is 6.92 Å². The minimum atomic E-state index is 0.649. The lowest BCUT2D eigenvalue weighted by Crippen LogP contribution is -2.26. The molecule has 0 spiro atoms. The third-order valence-electron chi connectivity index (χ3n) is 3.99. The van der Waals surface area contributed by atoms with Crippen LogP contribution in [0.25, 0.3) is 10.9 Å². The van der Waals surface area contributed by atoms with Crippen molar-refractivity contribution in [3.05, 3.63) is 29.5 Å². The van der Waals surface area contributed by atoms with Crippen molar-refractivity contribution in [3.63, 3.8) is 0 Å². The molecule has 0 unspecified atom stereocenters. The number of aromatic amines is 1. The second kappa shape index (κ2) is 4.65. The van der Waals surface area contributed by atoms with Crippen molar-refractivity contribution in [3.8, 4) is 5.75 Å². The summed E-state index contributed by atoms with van der Waals surface area (Å²) in [6, 6.07) is 6.24. The van der Waals surface area contributed by atoms with E-state index in [0.717, 1.165) is 18.8 Å². The number of aromatic nitrogens is 1. The highest BCUT2D eigenvalue weighted by molar-refractivity contribution is 5.91. The van der Waals surface area contributed by atoms with E-state index >= 15 is 0 Å². The Morgan fingerprint density at radius 3 is 2.72 bits per heavy atom. The van der Waals surface area contributed by atoms with Crippen LogP contribution in [0.1, 0.15) is 30.0 Å². The van der Waals surface area contributed by atoms with Gasteiger partial charge in [-0.3, -0.25) is 0 Å². The molecule has 1 aromatic carbocycles. The number of benzene rings is 1. The van der Waals surface area contributed by atoms with Crippen LogP contribution in [0.5, 0.6) is 5.75 Å². The number of H-pyrrole nitrogens is 1. The summed E-state index contributed by atoms with van der Waals surface area (Å²) in [7, 11) is 1.75. The van der Waals surface area contributed by atoms with Crippen LogP contribution in [0.15, 0.2) is 18.2 Å². The molecule has 2 aromatic rings. The van der Waals surface area contributed by atoms with Gasteiger partial charge in [-0.05, 0) is 56.5 Å². The van der Waals surface area contributed by atoms with Gasteiger partial charge in [-0.1, -0.05) is 6.07 Å². The molecular formula is C15H20N2O. The SMILES string of the molecule is COc1cccc2[nH]c(C)c(C3CCNCC3)c12. The number of fused-ring (bicyclic) bond motifs is 1. The van der Waals surface area contributed by atoms with E-state index in [1.54, 1.807) is 7.11 Å². The van der Waals surface area contributed by atoms with Crippen molar-refractivity contribution in [2.24, 2.45) is 0 Å². The lowest BCUT2D eigenvalue weighted by atomic mass is 9.88. The predicted molar refractivity (Wildman–Crippen MR) is 74.4 cm³/mol. The van der Waals surface area contributed by atoms with Crippen LogP contribution >= 0.6 is 0 Å². The molecule has 0 amide bonds. The van der Waals surface area contributed by atoms with Gasteiger partial charge in [0.05, 0.1) is 7.11 Å². The van der Waals surface area contributed by atoms with Gasteiger partial charge in [-0.15, -0.1) is 0 Å². The third-order valence-corrected chi connectivity index (χ3v) is 3.99. The summed E-state index contributed by atoms with van der Waals surface area (Å²) < 4.78 is 5.54. The highest BCUT2D eigenvalue weighted by Gasteiger charge is 2.22. The molecule has 0 bridgehead atoms. The molecule has 0 atom stereocenters. The molecule has 18 heavy (non-hydrogen) atoms. The molecule has 3 rings (SSSR count). The van der Waals surface area contributed by atoms with E-state index in [-0.39, 0.29) is 0 Å². The molecule has 3 nitrogen and oxygen atoms in total. The Bertz CT molecular complexity index is 553. The van der Waals surface area contributed by atoms with E-state index in [9.17, 15) is 0 Å². The largest absolute Gasteiger partial charge is 0.496 e. The van der Waals surface area contributed by atoms with Crippen LogP contribution in [-0.2, 0) is 0 Å². The zero-order chi connectivity index (χ0) is 12.5. The number of nitrogens with one attached hydrogen (secondary N) is 2. The zero-order valence-corrected chi connectivity index (χ0v) is 11.0. The minimum Gasteiger partial charge on any atom is -0.496 e. The van der Waals surface area contributed by atoms with Gasteiger partial charge < -0.3 is 15.0 Å². The Hall–Kier alpha value is -1.48. The monoisotopic (exact) mass is 244 g/mol. The third kappa shape index (κ3) is 1.79. The number of piperidine rings is 1. The summed E-state index contributed by atoms with van der Waals surface area (Å²) >= 11 is 0. The van der Waals surface area contributed by atoms with Crippen LogP contribution in [-0.4, -0.2) is 25.2 Å². The van der Waals surface area contributed by atoms with Crippen molar-refractivity contribution in [2.45, 2.75) is 25.7 Å². The van der Waals surface area contributed by atoms with Crippen molar-refractivity contribution >= 4 is 10.9 Å². The second-order valence-electron chi connectivity index (χ2n) is 5.07. The topological polar surface area (TPSA) is 37.0 Å². The highest BCUT2D eigenvalue weighted by atomic mass is 16.5. The average Bonchev–Trinajstić information content (AvgIpc) is 2.75. The van der Waals surface area contributed by atoms with Crippen molar-refractivity contribution in [1.82, 2.24) is 10.3 Å². The molecule has 3 heteroatoms. The van der Waals surface area contributed by atoms with Gasteiger partial charge >= 0.3 is 0 Å². The lowest BCUT2D eigenvalue weighted by molar-refractivity contribution is 0.418. The van der Waals surface area contributed by atoms with E-state index < -0.39 is 0 Å². The molecule has 0 saturated carbocycles. The van der Waals surface area contributed by atoms with Crippen LogP contribution < -0.4 is 10.1 Å². The fourth-order valence-electron chi connectivity index (χ4n) is 3.16. The summed E-state index contributed by atoms with van der Waals surface area (Å²) in [4.78, 5) is 3.50. The molecule has 96 valence electrons. The molecule has 1 fully saturated rings. The quantitative estimate of drug-likeness (QED) is 0.852. The second-order valence-corrected chi connectivity index (χ2v) is 5.07. The predicted octanol–water partition coefficient (Wildman–Crippen LogP) is 2.95. The normalized spacial score (nSPS) is 17.2. The van der Waals surface area contributed by atoms with Gasteiger partial charge in [-0.25, -0.2) is 0 Å². The first kappa shape index (κ1) is 11.6. The highest BCUT2D eigenvalue weighted by Crippen LogP contribution is 2.38. The molecule has 1 saturated heterocycles. The molecule has 2 N–H and O–H groups in total. The first-order valence-electron chi connectivity index (χ1n) is 6.67. The molecule has 0 radical (unpaired) electrons. The van der Waals surface area contributed by atoms with E-state index in [0.29, 0.717) is 5.92 Å². The maximum Gasteiger partial charge on any atom is 0.128 e. The van der Waals surface area contributed by atoms with E-state index in [4.69, 9.17) is 4.74 Å². The van der Waals surface area contributed by atoms with Crippen LogP contribution in [0.2, 0.25) is 0 Å². The van der Waals surface area contributed by atoms with Gasteiger partial charge in [-0.2, -0.15) is 0 Å². The summed E-state index contributed by atoms with van der Waals surface area (Å²) in [5, 5.41) is 4.71. The smallest absolute Gasteiger partial charge is 0.128 e. The molecular weight excluding hydrogens is 224 g/mol. The summed E-state index contributed by atoms with van der Waals surface area (Å²) in [5.74, 6) is 1.64. The maximum absolute atomic E-state index is 5.54. The molecule has 1 aromatic heterocycles. The Morgan fingerprint density at radius 1 is 1.22 bits per heavy atom. The number of methoxy groups -OCH3 is 1. The first-order valence-corrected chi connectivity index (χ1v) is 6.67. The molecule has 2 heterocycles. The number of hydrogen-bond donors (Lipinski definition) is 2. The minimum absolute atomic E-state index is 0.649. The molecule has 1 aliphatic rings.